The zero-order valence-corrected chi connectivity index (χ0v) is 10.8. The summed E-state index contributed by atoms with van der Waals surface area (Å²) < 4.78 is 5.62. The lowest BCUT2D eigenvalue weighted by molar-refractivity contribution is 0.0521. The van der Waals surface area contributed by atoms with Crippen molar-refractivity contribution in [3.63, 3.8) is 0 Å². The van der Waals surface area contributed by atoms with Gasteiger partial charge in [-0.1, -0.05) is 11.6 Å². The second kappa shape index (κ2) is 4.95. The number of carbonyl (C=O) groups is 1. The van der Waals surface area contributed by atoms with Crippen molar-refractivity contribution in [2.45, 2.75) is 6.92 Å². The SMILES string of the molecule is CCOC(=O)c1ncsc1-c1ccc(Cl)s1. The lowest BCUT2D eigenvalue weighted by Crippen LogP contribution is -2.05. The molecule has 2 heterocycles. The fraction of sp³-hybridized carbons (Fsp3) is 0.200. The number of ether oxygens (including phenoxy) is 1. The van der Waals surface area contributed by atoms with Gasteiger partial charge in [0, 0.05) is 4.88 Å². The number of carbonyl (C=O) groups excluding carboxylic acids is 1. The predicted molar refractivity (Wildman–Crippen MR) is 66.4 cm³/mol. The molecule has 16 heavy (non-hydrogen) atoms. The highest BCUT2D eigenvalue weighted by atomic mass is 35.5. The molecule has 0 aromatic carbocycles. The van der Waals surface area contributed by atoms with Crippen molar-refractivity contribution in [2.75, 3.05) is 6.61 Å². The van der Waals surface area contributed by atoms with Crippen LogP contribution in [0.5, 0.6) is 0 Å². The molecule has 0 aliphatic heterocycles. The number of thiazole rings is 1. The minimum atomic E-state index is -0.386. The summed E-state index contributed by atoms with van der Waals surface area (Å²) in [5.41, 5.74) is 2.00. The molecule has 0 saturated heterocycles. The van der Waals surface area contributed by atoms with Gasteiger partial charge in [-0.2, -0.15) is 0 Å². The predicted octanol–water partition coefficient (Wildman–Crippen LogP) is 3.70. The fourth-order valence-electron chi connectivity index (χ4n) is 1.20. The molecule has 0 bridgehead atoms. The number of hydrogen-bond donors (Lipinski definition) is 0. The van der Waals surface area contributed by atoms with Gasteiger partial charge in [0.15, 0.2) is 5.69 Å². The topological polar surface area (TPSA) is 39.2 Å². The maximum Gasteiger partial charge on any atom is 0.358 e. The average Bonchev–Trinajstić information content (AvgIpc) is 2.85. The Morgan fingerprint density at radius 2 is 2.38 bits per heavy atom. The summed E-state index contributed by atoms with van der Waals surface area (Å²) >= 11 is 8.69. The number of rotatable bonds is 3. The smallest absolute Gasteiger partial charge is 0.358 e. The van der Waals surface area contributed by atoms with Crippen LogP contribution in [0.15, 0.2) is 17.6 Å². The third kappa shape index (κ3) is 2.26. The van der Waals surface area contributed by atoms with Crippen LogP contribution in [0.2, 0.25) is 4.34 Å². The third-order valence-electron chi connectivity index (χ3n) is 1.83. The highest BCUT2D eigenvalue weighted by Crippen LogP contribution is 2.35. The minimum Gasteiger partial charge on any atom is -0.461 e. The van der Waals surface area contributed by atoms with Crippen LogP contribution in [0.3, 0.4) is 0 Å². The van der Waals surface area contributed by atoms with Gasteiger partial charge >= 0.3 is 5.97 Å². The first-order chi connectivity index (χ1) is 7.72. The lowest BCUT2D eigenvalue weighted by Gasteiger charge is -1.99. The Morgan fingerprint density at radius 3 is 3.00 bits per heavy atom. The summed E-state index contributed by atoms with van der Waals surface area (Å²) in [5.74, 6) is -0.386. The Morgan fingerprint density at radius 1 is 1.56 bits per heavy atom. The van der Waals surface area contributed by atoms with Crippen LogP contribution in [0.4, 0.5) is 0 Å². The first-order valence-electron chi connectivity index (χ1n) is 4.58. The first kappa shape index (κ1) is 11.6. The standard InChI is InChI=1S/C10H8ClNO2S2/c1-2-14-10(13)8-9(15-5-12-8)6-3-4-7(11)16-6/h3-5H,2H2,1H3. The zero-order chi connectivity index (χ0) is 11.5. The molecule has 0 aliphatic carbocycles. The molecule has 0 aliphatic rings. The Kier molecular flexibility index (Phi) is 3.58. The van der Waals surface area contributed by atoms with Crippen LogP contribution in [-0.4, -0.2) is 17.6 Å². The molecule has 0 saturated carbocycles. The number of nitrogens with zero attached hydrogens (tertiary/aromatic N) is 1. The van der Waals surface area contributed by atoms with E-state index in [1.807, 2.05) is 6.07 Å². The quantitative estimate of drug-likeness (QED) is 0.801. The van der Waals surface area contributed by atoms with Crippen molar-refractivity contribution in [1.29, 1.82) is 0 Å². The number of hydrogen-bond acceptors (Lipinski definition) is 5. The van der Waals surface area contributed by atoms with Crippen molar-refractivity contribution >= 4 is 40.2 Å². The van der Waals surface area contributed by atoms with Crippen molar-refractivity contribution < 1.29 is 9.53 Å². The summed E-state index contributed by atoms with van der Waals surface area (Å²) in [7, 11) is 0. The van der Waals surface area contributed by atoms with E-state index in [9.17, 15) is 4.79 Å². The number of aromatic nitrogens is 1. The van der Waals surface area contributed by atoms with Crippen molar-refractivity contribution in [2.24, 2.45) is 0 Å². The Bertz CT molecular complexity index is 506. The van der Waals surface area contributed by atoms with Crippen molar-refractivity contribution in [3.05, 3.63) is 27.7 Å². The number of esters is 1. The van der Waals surface area contributed by atoms with E-state index in [4.69, 9.17) is 16.3 Å². The average molecular weight is 274 g/mol. The monoisotopic (exact) mass is 273 g/mol. The molecule has 2 rings (SSSR count). The van der Waals surface area contributed by atoms with E-state index in [0.717, 1.165) is 9.75 Å². The van der Waals surface area contributed by atoms with E-state index < -0.39 is 0 Å². The van der Waals surface area contributed by atoms with Gasteiger partial charge in [0.05, 0.1) is 21.3 Å². The van der Waals surface area contributed by atoms with Crippen molar-refractivity contribution in [3.8, 4) is 9.75 Å². The maximum absolute atomic E-state index is 11.6. The van der Waals surface area contributed by atoms with E-state index in [0.29, 0.717) is 16.6 Å². The van der Waals surface area contributed by atoms with Gasteiger partial charge in [-0.25, -0.2) is 9.78 Å². The number of thiophene rings is 1. The van der Waals surface area contributed by atoms with Gasteiger partial charge in [-0.05, 0) is 19.1 Å². The first-order valence-corrected chi connectivity index (χ1v) is 6.66. The van der Waals surface area contributed by atoms with Crippen LogP contribution < -0.4 is 0 Å². The molecule has 0 unspecified atom stereocenters. The molecule has 6 heteroatoms. The molecule has 0 radical (unpaired) electrons. The Labute approximate surface area is 106 Å². The molecule has 0 amide bonds. The molecule has 0 spiro atoms. The second-order valence-corrected chi connectivity index (χ2v) is 5.42. The zero-order valence-electron chi connectivity index (χ0n) is 8.40. The van der Waals surface area contributed by atoms with E-state index in [-0.39, 0.29) is 5.97 Å². The molecule has 2 aromatic heterocycles. The molecule has 2 aromatic rings. The van der Waals surface area contributed by atoms with E-state index in [2.05, 4.69) is 4.98 Å². The molecular formula is C10H8ClNO2S2. The third-order valence-corrected chi connectivity index (χ3v) is 4.07. The molecule has 0 fully saturated rings. The summed E-state index contributed by atoms with van der Waals surface area (Å²) in [6.45, 7) is 2.12. The van der Waals surface area contributed by atoms with Crippen LogP contribution in [-0.2, 0) is 4.74 Å². The number of halogens is 1. The van der Waals surface area contributed by atoms with Gasteiger partial charge in [0.25, 0.3) is 0 Å². The van der Waals surface area contributed by atoms with E-state index in [1.165, 1.54) is 22.7 Å². The summed E-state index contributed by atoms with van der Waals surface area (Å²) in [6.07, 6.45) is 0. The molecular weight excluding hydrogens is 266 g/mol. The highest BCUT2D eigenvalue weighted by molar-refractivity contribution is 7.23. The van der Waals surface area contributed by atoms with Crippen LogP contribution in [0, 0.1) is 0 Å². The Balaban J connectivity index is 2.36. The van der Waals surface area contributed by atoms with Gasteiger partial charge in [0.1, 0.15) is 0 Å². The normalized spacial score (nSPS) is 10.4. The van der Waals surface area contributed by atoms with Gasteiger partial charge in [0.2, 0.25) is 0 Å². The van der Waals surface area contributed by atoms with Crippen molar-refractivity contribution in [1.82, 2.24) is 4.98 Å². The van der Waals surface area contributed by atoms with Crippen LogP contribution in [0.25, 0.3) is 9.75 Å². The second-order valence-electron chi connectivity index (χ2n) is 2.85. The Hall–Kier alpha value is -0.910. The largest absolute Gasteiger partial charge is 0.461 e. The maximum atomic E-state index is 11.6. The summed E-state index contributed by atoms with van der Waals surface area (Å²) in [5, 5.41) is 0. The fourth-order valence-corrected chi connectivity index (χ4v) is 3.15. The molecule has 0 N–H and O–H groups in total. The minimum absolute atomic E-state index is 0.348. The molecule has 84 valence electrons. The van der Waals surface area contributed by atoms with Gasteiger partial charge in [-0.3, -0.25) is 0 Å². The summed E-state index contributed by atoms with van der Waals surface area (Å²) in [4.78, 5) is 17.4. The van der Waals surface area contributed by atoms with Gasteiger partial charge in [-0.15, -0.1) is 22.7 Å². The van der Waals surface area contributed by atoms with Gasteiger partial charge < -0.3 is 4.74 Å². The summed E-state index contributed by atoms with van der Waals surface area (Å²) in [6, 6.07) is 3.68. The van der Waals surface area contributed by atoms with Crippen LogP contribution >= 0.6 is 34.3 Å². The molecule has 0 atom stereocenters. The highest BCUT2D eigenvalue weighted by Gasteiger charge is 2.18. The van der Waals surface area contributed by atoms with E-state index >= 15 is 0 Å². The lowest BCUT2D eigenvalue weighted by atomic mass is 10.3. The van der Waals surface area contributed by atoms with E-state index in [1.54, 1.807) is 18.5 Å². The molecule has 3 nitrogen and oxygen atoms in total. The van der Waals surface area contributed by atoms with Crippen LogP contribution in [0.1, 0.15) is 17.4 Å².